The molecular weight excluding hydrogens is 497 g/mol. The van der Waals surface area contributed by atoms with Gasteiger partial charge in [0.15, 0.2) is 12.7 Å². The van der Waals surface area contributed by atoms with E-state index in [1.807, 2.05) is 53.9 Å². The minimum absolute atomic E-state index is 0.0799. The van der Waals surface area contributed by atoms with E-state index >= 15 is 0 Å². The predicted octanol–water partition coefficient (Wildman–Crippen LogP) is 7.04. The third kappa shape index (κ3) is 5.62. The Morgan fingerprint density at radius 3 is 1.33 bits per heavy atom. The third-order valence-corrected chi connectivity index (χ3v) is 12.5. The van der Waals surface area contributed by atoms with Gasteiger partial charge in [0.05, 0.1) is 0 Å². The molecule has 0 aromatic heterocycles. The van der Waals surface area contributed by atoms with Crippen LogP contribution in [0.25, 0.3) is 0 Å². The summed E-state index contributed by atoms with van der Waals surface area (Å²) in [6, 6.07) is 41.6. The molecule has 1 amide bonds. The van der Waals surface area contributed by atoms with E-state index < -0.39 is 7.26 Å². The van der Waals surface area contributed by atoms with Crippen molar-refractivity contribution >= 4 is 52.6 Å². The number of thioether (sulfide) groups is 2. The maximum absolute atomic E-state index is 13.8. The van der Waals surface area contributed by atoms with Crippen LogP contribution in [0.5, 0.6) is 0 Å². The zero-order valence-electron chi connectivity index (χ0n) is 20.6. The predicted molar refractivity (Wildman–Crippen MR) is 162 cm³/mol. The highest BCUT2D eigenvalue weighted by Crippen LogP contribution is 2.64. The summed E-state index contributed by atoms with van der Waals surface area (Å²) < 4.78 is 1.18. The first-order valence-electron chi connectivity index (χ1n) is 12.1. The first-order chi connectivity index (χ1) is 17.7. The van der Waals surface area contributed by atoms with Gasteiger partial charge in [-0.05, 0) is 60.0 Å². The van der Waals surface area contributed by atoms with E-state index in [4.69, 9.17) is 0 Å². The van der Waals surface area contributed by atoms with E-state index in [-0.39, 0.29) is 5.91 Å². The Hall–Kier alpha value is -2.78. The quantitative estimate of drug-likeness (QED) is 0.224. The minimum atomic E-state index is -2.45. The zero-order valence-corrected chi connectivity index (χ0v) is 23.2. The van der Waals surface area contributed by atoms with Crippen LogP contribution in [-0.4, -0.2) is 17.4 Å². The van der Waals surface area contributed by atoms with Crippen molar-refractivity contribution in [3.8, 4) is 0 Å². The molecule has 0 fully saturated rings. The maximum Gasteiger partial charge on any atom is 0.258 e. The van der Waals surface area contributed by atoms with E-state index in [1.54, 1.807) is 0 Å². The van der Waals surface area contributed by atoms with Crippen LogP contribution in [0.15, 0.2) is 131 Å². The first kappa shape index (κ1) is 26.3. The molecule has 0 saturated heterocycles. The lowest BCUT2D eigenvalue weighted by atomic mass is 10.2. The summed E-state index contributed by atoms with van der Waals surface area (Å²) in [6.45, 7) is 4.34. The van der Waals surface area contributed by atoms with Crippen LogP contribution in [0, 0.1) is 0 Å². The van der Waals surface area contributed by atoms with E-state index in [2.05, 4.69) is 110 Å². The summed E-state index contributed by atoms with van der Waals surface area (Å²) in [6.07, 6.45) is 0. The van der Waals surface area contributed by atoms with Gasteiger partial charge in [0.2, 0.25) is 0 Å². The Morgan fingerprint density at radius 1 is 0.611 bits per heavy atom. The molecule has 0 aliphatic heterocycles. The summed E-state index contributed by atoms with van der Waals surface area (Å²) in [7, 11) is -2.45. The molecule has 0 saturated carbocycles. The highest BCUT2D eigenvalue weighted by Gasteiger charge is 2.52. The Balaban J connectivity index is 2.09. The molecule has 0 bridgehead atoms. The van der Waals surface area contributed by atoms with Crippen LogP contribution >= 0.6 is 30.8 Å². The van der Waals surface area contributed by atoms with Crippen molar-refractivity contribution in [1.82, 2.24) is 5.32 Å². The molecule has 0 aliphatic rings. The van der Waals surface area contributed by atoms with Gasteiger partial charge < -0.3 is 0 Å². The number of rotatable bonds is 10. The van der Waals surface area contributed by atoms with Crippen molar-refractivity contribution < 1.29 is 4.79 Å². The number of hydrogen-bond donors (Lipinski definition) is 1. The molecule has 5 heteroatoms. The van der Waals surface area contributed by atoms with Crippen LogP contribution < -0.4 is 21.2 Å². The normalized spacial score (nSPS) is 11.1. The van der Waals surface area contributed by atoms with Crippen LogP contribution in [0.1, 0.15) is 24.2 Å². The number of amides is 1. The minimum Gasteiger partial charge on any atom is -0.291 e. The van der Waals surface area contributed by atoms with Gasteiger partial charge in [0.25, 0.3) is 5.91 Å². The average Bonchev–Trinajstić information content (AvgIpc) is 2.95. The number of carbonyl (C=O) groups excluding carboxylic acids is 1. The Labute approximate surface area is 224 Å². The third-order valence-electron chi connectivity index (χ3n) is 5.78. The first-order valence-corrected chi connectivity index (χ1v) is 15.9. The number of benzene rings is 4. The molecule has 4 aromatic carbocycles. The monoisotopic (exact) mass is 528 g/mol. The van der Waals surface area contributed by atoms with Crippen molar-refractivity contribution in [1.29, 1.82) is 0 Å². The Morgan fingerprint density at radius 2 is 0.972 bits per heavy atom. The standard InChI is InChI=1S/C31H30NOPS2/c1-3-35-31(36-4-2)30(32-29(33)25-17-9-5-10-18-25)34(26-19-11-6-12-20-26,27-21-13-7-14-22-27)28-23-15-8-16-24-28/h5-24H,3-4H2,1-2H3/p+1. The van der Waals surface area contributed by atoms with Gasteiger partial charge >= 0.3 is 0 Å². The van der Waals surface area contributed by atoms with Gasteiger partial charge in [-0.2, -0.15) is 0 Å². The average molecular weight is 529 g/mol. The van der Waals surface area contributed by atoms with Crippen molar-refractivity contribution in [2.45, 2.75) is 13.8 Å². The van der Waals surface area contributed by atoms with Gasteiger partial charge in [-0.15, -0.1) is 23.5 Å². The van der Waals surface area contributed by atoms with Crippen molar-refractivity contribution in [2.24, 2.45) is 0 Å². The van der Waals surface area contributed by atoms with Crippen LogP contribution in [-0.2, 0) is 0 Å². The lowest BCUT2D eigenvalue weighted by Crippen LogP contribution is -2.38. The zero-order chi connectivity index (χ0) is 25.2. The molecular formula is C31H31NOPS2+. The summed E-state index contributed by atoms with van der Waals surface area (Å²) in [5, 5.41) is 7.15. The fourth-order valence-electron chi connectivity index (χ4n) is 4.27. The second-order valence-electron chi connectivity index (χ2n) is 8.00. The molecule has 36 heavy (non-hydrogen) atoms. The van der Waals surface area contributed by atoms with E-state index in [0.717, 1.165) is 16.9 Å². The molecule has 0 spiro atoms. The summed E-state index contributed by atoms with van der Waals surface area (Å²) in [5.41, 5.74) is 1.67. The van der Waals surface area contributed by atoms with Crippen LogP contribution in [0.4, 0.5) is 0 Å². The fraction of sp³-hybridized carbons (Fsp3) is 0.129. The molecule has 0 atom stereocenters. The molecule has 4 rings (SSSR count). The highest BCUT2D eigenvalue weighted by atomic mass is 32.2. The second-order valence-corrected chi connectivity index (χ2v) is 14.1. The highest BCUT2D eigenvalue weighted by molar-refractivity contribution is 8.23. The topological polar surface area (TPSA) is 29.1 Å². The number of hydrogen-bond acceptors (Lipinski definition) is 3. The number of carbonyl (C=O) groups is 1. The lowest BCUT2D eigenvalue weighted by molar-refractivity contribution is 0.0968. The van der Waals surface area contributed by atoms with E-state index in [0.29, 0.717) is 5.56 Å². The van der Waals surface area contributed by atoms with E-state index in [1.165, 1.54) is 20.2 Å². The molecule has 0 aliphatic carbocycles. The van der Waals surface area contributed by atoms with Crippen molar-refractivity contribution in [3.05, 3.63) is 137 Å². The van der Waals surface area contributed by atoms with Crippen molar-refractivity contribution in [3.63, 3.8) is 0 Å². The van der Waals surface area contributed by atoms with Crippen molar-refractivity contribution in [2.75, 3.05) is 11.5 Å². The van der Waals surface area contributed by atoms with Gasteiger partial charge in [0, 0.05) is 5.56 Å². The largest absolute Gasteiger partial charge is 0.291 e. The van der Waals surface area contributed by atoms with Gasteiger partial charge in [0.1, 0.15) is 20.2 Å². The maximum atomic E-state index is 13.8. The molecule has 182 valence electrons. The fourth-order valence-corrected chi connectivity index (χ4v) is 11.5. The number of nitrogens with one attached hydrogen (secondary N) is 1. The van der Waals surface area contributed by atoms with Crippen LogP contribution in [0.2, 0.25) is 0 Å². The molecule has 0 unspecified atom stereocenters. The molecule has 1 N–H and O–H groups in total. The summed E-state index contributed by atoms with van der Waals surface area (Å²) in [4.78, 5) is 13.8. The second kappa shape index (κ2) is 13.0. The molecule has 2 nitrogen and oxygen atoms in total. The Bertz CT molecular complexity index is 1170. The summed E-state index contributed by atoms with van der Waals surface area (Å²) in [5.74, 6) is 1.76. The lowest BCUT2D eigenvalue weighted by Gasteiger charge is -2.31. The summed E-state index contributed by atoms with van der Waals surface area (Å²) >= 11 is 3.63. The Kier molecular flexibility index (Phi) is 9.47. The van der Waals surface area contributed by atoms with Gasteiger partial charge in [-0.1, -0.05) is 86.6 Å². The van der Waals surface area contributed by atoms with Gasteiger partial charge in [-0.3, -0.25) is 10.1 Å². The SMILES string of the molecule is CCSC(SCC)=C(NC(=O)c1ccccc1)[P+](c1ccccc1)(c1ccccc1)c1ccccc1. The van der Waals surface area contributed by atoms with Crippen LogP contribution in [0.3, 0.4) is 0 Å². The van der Waals surface area contributed by atoms with E-state index in [9.17, 15) is 4.79 Å². The molecule has 4 aromatic rings. The smallest absolute Gasteiger partial charge is 0.258 e. The van der Waals surface area contributed by atoms with Gasteiger partial charge in [-0.25, -0.2) is 0 Å². The molecule has 0 heterocycles. The molecule has 0 radical (unpaired) electrons.